The smallest absolute Gasteiger partial charge is 0.235 e. The van der Waals surface area contributed by atoms with Crippen LogP contribution in [0.25, 0.3) is 11.4 Å². The summed E-state index contributed by atoms with van der Waals surface area (Å²) in [4.78, 5) is 16.1. The van der Waals surface area contributed by atoms with Gasteiger partial charge in [0.05, 0.1) is 11.3 Å². The summed E-state index contributed by atoms with van der Waals surface area (Å²) >= 11 is 2.64. The maximum absolute atomic E-state index is 12.1. The quantitative estimate of drug-likeness (QED) is 0.670. The number of thioether (sulfide) groups is 1. The molecule has 0 unspecified atom stereocenters. The summed E-state index contributed by atoms with van der Waals surface area (Å²) in [5.41, 5.74) is 1.40. The van der Waals surface area contributed by atoms with E-state index in [1.54, 1.807) is 23.8 Å². The second-order valence-electron chi connectivity index (χ2n) is 4.90. The summed E-state index contributed by atoms with van der Waals surface area (Å²) in [6.45, 7) is 2.70. The van der Waals surface area contributed by atoms with E-state index in [9.17, 15) is 4.79 Å². The third kappa shape index (κ3) is 3.87. The summed E-state index contributed by atoms with van der Waals surface area (Å²) in [6.07, 6.45) is 3.41. The summed E-state index contributed by atoms with van der Waals surface area (Å²) in [5.74, 6) is 0.759. The summed E-state index contributed by atoms with van der Waals surface area (Å²) < 4.78 is 1.96. The average Bonchev–Trinajstić information content (AvgIpc) is 3.26. The zero-order valence-corrected chi connectivity index (χ0v) is 15.0. The van der Waals surface area contributed by atoms with Gasteiger partial charge in [-0.2, -0.15) is 5.26 Å². The Kier molecular flexibility index (Phi) is 5.42. The van der Waals surface area contributed by atoms with Crippen molar-refractivity contribution in [3.05, 3.63) is 41.5 Å². The van der Waals surface area contributed by atoms with Gasteiger partial charge in [-0.3, -0.25) is 9.78 Å². The van der Waals surface area contributed by atoms with E-state index < -0.39 is 0 Å². The molecule has 0 atom stereocenters. The Balaban J connectivity index is 1.68. The minimum atomic E-state index is -0.180. The normalized spacial score (nSPS) is 10.4. The Hall–Kier alpha value is -2.70. The number of carbonyl (C=O) groups is 1. The molecule has 3 heterocycles. The maximum atomic E-state index is 12.1. The van der Waals surface area contributed by atoms with Crippen molar-refractivity contribution in [3.8, 4) is 17.5 Å². The van der Waals surface area contributed by atoms with Crippen molar-refractivity contribution in [2.45, 2.75) is 18.6 Å². The molecule has 0 saturated heterocycles. The molecular formula is C16H14N6OS2. The van der Waals surface area contributed by atoms with Crippen LogP contribution in [0.5, 0.6) is 0 Å². The first-order valence-corrected chi connectivity index (χ1v) is 9.33. The van der Waals surface area contributed by atoms with Gasteiger partial charge in [-0.05, 0) is 30.5 Å². The van der Waals surface area contributed by atoms with Gasteiger partial charge in [-0.15, -0.1) is 21.5 Å². The van der Waals surface area contributed by atoms with Gasteiger partial charge in [0.25, 0.3) is 0 Å². The number of hydrogen-bond donors (Lipinski definition) is 1. The van der Waals surface area contributed by atoms with Gasteiger partial charge in [0, 0.05) is 24.5 Å². The second kappa shape index (κ2) is 7.92. The van der Waals surface area contributed by atoms with E-state index in [1.807, 2.05) is 23.6 Å². The van der Waals surface area contributed by atoms with Crippen LogP contribution in [0.1, 0.15) is 12.5 Å². The van der Waals surface area contributed by atoms with Gasteiger partial charge >= 0.3 is 0 Å². The number of pyridine rings is 1. The number of aromatic nitrogens is 4. The Bertz CT molecular complexity index is 912. The van der Waals surface area contributed by atoms with E-state index in [2.05, 4.69) is 26.6 Å². The van der Waals surface area contributed by atoms with E-state index >= 15 is 0 Å². The highest BCUT2D eigenvalue weighted by Crippen LogP contribution is 2.25. The third-order valence-electron chi connectivity index (χ3n) is 3.34. The molecular weight excluding hydrogens is 356 g/mol. The van der Waals surface area contributed by atoms with E-state index in [0.717, 1.165) is 11.4 Å². The molecule has 0 aliphatic carbocycles. The van der Waals surface area contributed by atoms with Crippen LogP contribution < -0.4 is 5.32 Å². The van der Waals surface area contributed by atoms with E-state index in [1.165, 1.54) is 23.1 Å². The number of nitriles is 1. The third-order valence-corrected chi connectivity index (χ3v) is 5.14. The molecule has 0 radical (unpaired) electrons. The Morgan fingerprint density at radius 2 is 2.16 bits per heavy atom. The molecule has 0 saturated carbocycles. The summed E-state index contributed by atoms with van der Waals surface area (Å²) in [5, 5.41) is 23.2. The lowest BCUT2D eigenvalue weighted by molar-refractivity contribution is -0.113. The van der Waals surface area contributed by atoms with Gasteiger partial charge in [0.15, 0.2) is 11.0 Å². The number of rotatable bonds is 6. The van der Waals surface area contributed by atoms with Gasteiger partial charge in [-0.25, -0.2) is 0 Å². The summed E-state index contributed by atoms with van der Waals surface area (Å²) in [7, 11) is 0. The van der Waals surface area contributed by atoms with Gasteiger partial charge in [0.2, 0.25) is 5.91 Å². The molecule has 3 aromatic heterocycles. The van der Waals surface area contributed by atoms with E-state index in [-0.39, 0.29) is 11.7 Å². The fraction of sp³-hybridized carbons (Fsp3) is 0.188. The molecule has 1 N–H and O–H groups in total. The monoisotopic (exact) mass is 370 g/mol. The van der Waals surface area contributed by atoms with Crippen LogP contribution in [-0.4, -0.2) is 31.4 Å². The minimum Gasteiger partial charge on any atom is -0.316 e. The molecule has 0 fully saturated rings. The number of amides is 1. The Morgan fingerprint density at radius 3 is 2.88 bits per heavy atom. The molecule has 9 heteroatoms. The molecule has 25 heavy (non-hydrogen) atoms. The van der Waals surface area contributed by atoms with Crippen LogP contribution in [0.15, 0.2) is 41.1 Å². The van der Waals surface area contributed by atoms with Crippen LogP contribution >= 0.6 is 23.1 Å². The molecule has 0 aromatic carbocycles. The van der Waals surface area contributed by atoms with Crippen LogP contribution in [0.3, 0.4) is 0 Å². The highest BCUT2D eigenvalue weighted by molar-refractivity contribution is 7.99. The van der Waals surface area contributed by atoms with Crippen LogP contribution in [-0.2, 0) is 11.3 Å². The lowest BCUT2D eigenvalue weighted by atomic mass is 10.2. The number of nitrogens with zero attached hydrogens (tertiary/aromatic N) is 5. The second-order valence-corrected chi connectivity index (χ2v) is 6.76. The number of hydrogen-bond acceptors (Lipinski definition) is 7. The van der Waals surface area contributed by atoms with Crippen molar-refractivity contribution < 1.29 is 4.79 Å². The largest absolute Gasteiger partial charge is 0.316 e. The predicted molar refractivity (Wildman–Crippen MR) is 97.3 cm³/mol. The first-order chi connectivity index (χ1) is 12.2. The van der Waals surface area contributed by atoms with Crippen molar-refractivity contribution in [1.82, 2.24) is 19.7 Å². The van der Waals surface area contributed by atoms with Gasteiger partial charge in [0.1, 0.15) is 11.1 Å². The number of carbonyl (C=O) groups excluding carboxylic acids is 1. The molecule has 0 bridgehead atoms. The molecule has 0 aliphatic heterocycles. The average molecular weight is 370 g/mol. The van der Waals surface area contributed by atoms with Crippen molar-refractivity contribution in [1.29, 1.82) is 5.26 Å². The molecule has 1 amide bonds. The maximum Gasteiger partial charge on any atom is 0.235 e. The minimum absolute atomic E-state index is 0.180. The summed E-state index contributed by atoms with van der Waals surface area (Å²) in [6, 6.07) is 7.48. The van der Waals surface area contributed by atoms with Gasteiger partial charge < -0.3 is 9.88 Å². The molecule has 126 valence electrons. The van der Waals surface area contributed by atoms with Crippen molar-refractivity contribution in [2.75, 3.05) is 11.1 Å². The fourth-order valence-electron chi connectivity index (χ4n) is 2.18. The Labute approximate surface area is 152 Å². The SMILES string of the molecule is CCn1c(SCC(=O)Nc2sccc2C#N)nnc1-c1ccncc1. The lowest BCUT2D eigenvalue weighted by Crippen LogP contribution is -2.14. The number of nitrogens with one attached hydrogen (secondary N) is 1. The zero-order chi connectivity index (χ0) is 17.6. The van der Waals surface area contributed by atoms with E-state index in [0.29, 0.717) is 22.3 Å². The molecule has 0 spiro atoms. The fourth-order valence-corrected chi connectivity index (χ4v) is 3.74. The van der Waals surface area contributed by atoms with E-state index in [4.69, 9.17) is 5.26 Å². The molecule has 3 aromatic rings. The predicted octanol–water partition coefficient (Wildman–Crippen LogP) is 3.02. The highest BCUT2D eigenvalue weighted by Gasteiger charge is 2.15. The highest BCUT2D eigenvalue weighted by atomic mass is 32.2. The first-order valence-electron chi connectivity index (χ1n) is 7.46. The molecule has 3 rings (SSSR count). The first kappa shape index (κ1) is 17.1. The molecule has 0 aliphatic rings. The van der Waals surface area contributed by atoms with Crippen LogP contribution in [0.2, 0.25) is 0 Å². The zero-order valence-electron chi connectivity index (χ0n) is 13.3. The van der Waals surface area contributed by atoms with Crippen molar-refractivity contribution in [2.24, 2.45) is 0 Å². The number of anilines is 1. The Morgan fingerprint density at radius 1 is 1.36 bits per heavy atom. The lowest BCUT2D eigenvalue weighted by Gasteiger charge is -2.07. The number of thiophene rings is 1. The van der Waals surface area contributed by atoms with Crippen molar-refractivity contribution >= 4 is 34.0 Å². The van der Waals surface area contributed by atoms with Crippen LogP contribution in [0, 0.1) is 11.3 Å². The standard InChI is InChI=1S/C16H14N6OS2/c1-2-22-14(11-3-6-18-7-4-11)20-21-16(22)25-10-13(23)19-15-12(9-17)5-8-24-15/h3-8H,2,10H2,1H3,(H,19,23). The van der Waals surface area contributed by atoms with Crippen molar-refractivity contribution in [3.63, 3.8) is 0 Å². The van der Waals surface area contributed by atoms with Gasteiger partial charge in [-0.1, -0.05) is 11.8 Å². The topological polar surface area (TPSA) is 96.5 Å². The molecule has 7 nitrogen and oxygen atoms in total. The van der Waals surface area contributed by atoms with Crippen LogP contribution in [0.4, 0.5) is 5.00 Å².